The molecule has 0 saturated heterocycles. The highest BCUT2D eigenvalue weighted by molar-refractivity contribution is 5.93. The maximum Gasteiger partial charge on any atom is 0.251 e. The Morgan fingerprint density at radius 2 is 2.00 bits per heavy atom. The molecule has 1 unspecified atom stereocenters. The first-order chi connectivity index (χ1) is 10.5. The Kier molecular flexibility index (Phi) is 4.74. The van der Waals surface area contributed by atoms with E-state index in [1.165, 1.54) is 10.6 Å². The number of nitriles is 1. The second kappa shape index (κ2) is 6.72. The van der Waals surface area contributed by atoms with Crippen molar-refractivity contribution >= 4 is 11.6 Å². The summed E-state index contributed by atoms with van der Waals surface area (Å²) in [5, 5.41) is 11.5. The number of carbonyl (C=O) groups excluding carboxylic acids is 1. The maximum absolute atomic E-state index is 12.4. The molecular weight excluding hydrogens is 278 g/mol. The molecule has 1 N–H and O–H groups in total. The molecule has 0 saturated carbocycles. The van der Waals surface area contributed by atoms with Crippen LogP contribution in [0.15, 0.2) is 47.4 Å². The van der Waals surface area contributed by atoms with Crippen molar-refractivity contribution in [1.82, 2.24) is 4.57 Å². The molecule has 2 aromatic rings. The fourth-order valence-electron chi connectivity index (χ4n) is 2.21. The monoisotopic (exact) mass is 295 g/mol. The molecule has 1 aromatic carbocycles. The van der Waals surface area contributed by atoms with Crippen LogP contribution in [0.25, 0.3) is 0 Å². The van der Waals surface area contributed by atoms with E-state index in [-0.39, 0.29) is 11.5 Å². The lowest BCUT2D eigenvalue weighted by Gasteiger charge is -2.18. The summed E-state index contributed by atoms with van der Waals surface area (Å²) in [6.45, 7) is 3.69. The minimum absolute atomic E-state index is 0.193. The van der Waals surface area contributed by atoms with Gasteiger partial charge in [0.2, 0.25) is 5.91 Å². The van der Waals surface area contributed by atoms with E-state index < -0.39 is 6.04 Å². The molecule has 0 aliphatic heterocycles. The molecule has 22 heavy (non-hydrogen) atoms. The predicted molar refractivity (Wildman–Crippen MR) is 84.6 cm³/mol. The van der Waals surface area contributed by atoms with Gasteiger partial charge in [-0.05, 0) is 49.2 Å². The van der Waals surface area contributed by atoms with Gasteiger partial charge < -0.3 is 9.88 Å². The van der Waals surface area contributed by atoms with Crippen LogP contribution in [0, 0.1) is 18.3 Å². The second-order valence-corrected chi connectivity index (χ2v) is 5.05. The summed E-state index contributed by atoms with van der Waals surface area (Å²) in [5.74, 6) is -0.252. The maximum atomic E-state index is 12.4. The van der Waals surface area contributed by atoms with E-state index in [0.29, 0.717) is 17.7 Å². The minimum atomic E-state index is -0.566. The number of aryl methyl sites for hydroxylation is 1. The SMILES string of the molecule is CCC(C(=O)Nc1ccc(C#N)cc1)n1ccc(C)cc1=O. The van der Waals surface area contributed by atoms with E-state index in [0.717, 1.165) is 5.56 Å². The zero-order chi connectivity index (χ0) is 16.1. The molecule has 0 aliphatic carbocycles. The third kappa shape index (κ3) is 3.41. The van der Waals surface area contributed by atoms with Gasteiger partial charge in [0, 0.05) is 18.0 Å². The Bertz CT molecular complexity index is 770. The van der Waals surface area contributed by atoms with Gasteiger partial charge in [-0.3, -0.25) is 9.59 Å². The van der Waals surface area contributed by atoms with Gasteiger partial charge in [-0.25, -0.2) is 0 Å². The Morgan fingerprint density at radius 3 is 2.55 bits per heavy atom. The number of nitrogens with zero attached hydrogens (tertiary/aromatic N) is 2. The normalized spacial score (nSPS) is 11.5. The molecule has 1 amide bonds. The molecule has 1 heterocycles. The van der Waals surface area contributed by atoms with Crippen LogP contribution >= 0.6 is 0 Å². The molecule has 5 nitrogen and oxygen atoms in total. The third-order valence-electron chi connectivity index (χ3n) is 3.41. The number of nitrogens with one attached hydrogen (secondary N) is 1. The van der Waals surface area contributed by atoms with Gasteiger partial charge in [0.15, 0.2) is 0 Å². The highest BCUT2D eigenvalue weighted by atomic mass is 16.2. The number of aromatic nitrogens is 1. The quantitative estimate of drug-likeness (QED) is 0.942. The largest absolute Gasteiger partial charge is 0.324 e. The van der Waals surface area contributed by atoms with Crippen molar-refractivity contribution in [3.8, 4) is 6.07 Å². The molecule has 0 fully saturated rings. The summed E-state index contributed by atoms with van der Waals surface area (Å²) < 4.78 is 1.44. The van der Waals surface area contributed by atoms with Crippen molar-refractivity contribution in [1.29, 1.82) is 5.26 Å². The number of anilines is 1. The van der Waals surface area contributed by atoms with Crippen molar-refractivity contribution in [2.24, 2.45) is 0 Å². The molecule has 0 spiro atoms. The Morgan fingerprint density at radius 1 is 1.32 bits per heavy atom. The fraction of sp³-hybridized carbons (Fsp3) is 0.235. The van der Waals surface area contributed by atoms with Crippen molar-refractivity contribution in [3.05, 3.63) is 64.1 Å². The van der Waals surface area contributed by atoms with Crippen LogP contribution in [0.3, 0.4) is 0 Å². The first kappa shape index (κ1) is 15.5. The zero-order valence-electron chi connectivity index (χ0n) is 12.5. The van der Waals surface area contributed by atoms with Gasteiger partial charge in [0.05, 0.1) is 11.6 Å². The average Bonchev–Trinajstić information content (AvgIpc) is 2.51. The smallest absolute Gasteiger partial charge is 0.251 e. The molecule has 0 aliphatic rings. The van der Waals surface area contributed by atoms with E-state index >= 15 is 0 Å². The van der Waals surface area contributed by atoms with Crippen LogP contribution in [0.4, 0.5) is 5.69 Å². The Hall–Kier alpha value is -2.87. The number of hydrogen-bond donors (Lipinski definition) is 1. The summed E-state index contributed by atoms with van der Waals surface area (Å²) in [4.78, 5) is 24.4. The molecule has 2 rings (SSSR count). The molecule has 112 valence electrons. The molecule has 0 bridgehead atoms. The van der Waals surface area contributed by atoms with E-state index in [1.54, 1.807) is 36.5 Å². The minimum Gasteiger partial charge on any atom is -0.324 e. The summed E-state index contributed by atoms with van der Waals surface area (Å²) in [5.41, 5.74) is 1.80. The van der Waals surface area contributed by atoms with E-state index in [2.05, 4.69) is 5.32 Å². The molecule has 5 heteroatoms. The van der Waals surface area contributed by atoms with Crippen LogP contribution in [0.5, 0.6) is 0 Å². The van der Waals surface area contributed by atoms with Crippen LogP contribution in [0.1, 0.15) is 30.5 Å². The van der Waals surface area contributed by atoms with E-state index in [4.69, 9.17) is 5.26 Å². The highest BCUT2D eigenvalue weighted by Gasteiger charge is 2.19. The number of pyridine rings is 1. The summed E-state index contributed by atoms with van der Waals surface area (Å²) >= 11 is 0. The van der Waals surface area contributed by atoms with Gasteiger partial charge in [-0.2, -0.15) is 5.26 Å². The summed E-state index contributed by atoms with van der Waals surface area (Å²) in [7, 11) is 0. The van der Waals surface area contributed by atoms with Gasteiger partial charge in [0.25, 0.3) is 5.56 Å². The van der Waals surface area contributed by atoms with Gasteiger partial charge in [-0.15, -0.1) is 0 Å². The number of carbonyl (C=O) groups is 1. The number of hydrogen-bond acceptors (Lipinski definition) is 3. The van der Waals surface area contributed by atoms with Crippen LogP contribution in [0.2, 0.25) is 0 Å². The van der Waals surface area contributed by atoms with Crippen LogP contribution in [-0.2, 0) is 4.79 Å². The first-order valence-electron chi connectivity index (χ1n) is 7.05. The molecule has 1 atom stereocenters. The number of benzene rings is 1. The van der Waals surface area contributed by atoms with Gasteiger partial charge in [0.1, 0.15) is 6.04 Å². The third-order valence-corrected chi connectivity index (χ3v) is 3.41. The van der Waals surface area contributed by atoms with E-state index in [1.807, 2.05) is 19.9 Å². The summed E-state index contributed by atoms with van der Waals surface area (Å²) in [6, 6.07) is 11.4. The van der Waals surface area contributed by atoms with Crippen molar-refractivity contribution in [3.63, 3.8) is 0 Å². The van der Waals surface area contributed by atoms with Crippen LogP contribution in [-0.4, -0.2) is 10.5 Å². The van der Waals surface area contributed by atoms with Crippen LogP contribution < -0.4 is 10.9 Å². The van der Waals surface area contributed by atoms with Gasteiger partial charge >= 0.3 is 0 Å². The van der Waals surface area contributed by atoms with Crippen molar-refractivity contribution in [2.75, 3.05) is 5.32 Å². The van der Waals surface area contributed by atoms with E-state index in [9.17, 15) is 9.59 Å². The molecular formula is C17H17N3O2. The van der Waals surface area contributed by atoms with Gasteiger partial charge in [-0.1, -0.05) is 6.92 Å². The predicted octanol–water partition coefficient (Wildman–Crippen LogP) is 2.62. The number of amides is 1. The lowest BCUT2D eigenvalue weighted by atomic mass is 10.1. The zero-order valence-corrected chi connectivity index (χ0v) is 12.5. The Labute approximate surface area is 128 Å². The fourth-order valence-corrected chi connectivity index (χ4v) is 2.21. The average molecular weight is 295 g/mol. The Balaban J connectivity index is 2.21. The molecule has 0 radical (unpaired) electrons. The standard InChI is InChI=1S/C17H17N3O2/c1-3-15(20-9-8-12(2)10-16(20)21)17(22)19-14-6-4-13(11-18)5-7-14/h4-10,15H,3H2,1-2H3,(H,19,22). The summed E-state index contributed by atoms with van der Waals surface area (Å²) in [6.07, 6.45) is 2.15. The topological polar surface area (TPSA) is 74.9 Å². The van der Waals surface area contributed by atoms with Crippen molar-refractivity contribution < 1.29 is 4.79 Å². The second-order valence-electron chi connectivity index (χ2n) is 5.05. The highest BCUT2D eigenvalue weighted by Crippen LogP contribution is 2.15. The molecule has 1 aromatic heterocycles. The number of rotatable bonds is 4. The lowest BCUT2D eigenvalue weighted by Crippen LogP contribution is -2.32. The first-order valence-corrected chi connectivity index (χ1v) is 7.05. The van der Waals surface area contributed by atoms with Crippen molar-refractivity contribution in [2.45, 2.75) is 26.3 Å². The lowest BCUT2D eigenvalue weighted by molar-refractivity contribution is -0.119.